The van der Waals surface area contributed by atoms with E-state index in [2.05, 4.69) is 28.4 Å². The number of nitrogens with one attached hydrogen (secondary N) is 1. The molecule has 0 aliphatic carbocycles. The van der Waals surface area contributed by atoms with Gasteiger partial charge in [-0.15, -0.1) is 0 Å². The maximum absolute atomic E-state index is 12.7. The standard InChI is InChI=1S/C23H30N2O3/c1-3-20(28-22-13-7-6-12-21(22)27-2)23(26)24-16-18-10-4-5-11-19(18)17-25-14-8-9-15-25/h4-7,10-13,20H,3,8-9,14-17H2,1-2H3,(H,24,26). The molecule has 0 bridgehead atoms. The van der Waals surface area contributed by atoms with E-state index in [4.69, 9.17) is 9.47 Å². The second-order valence-corrected chi connectivity index (χ2v) is 7.14. The molecule has 1 atom stereocenters. The third-order valence-electron chi connectivity index (χ3n) is 5.17. The van der Waals surface area contributed by atoms with Crippen molar-refractivity contribution in [2.45, 2.75) is 45.4 Å². The van der Waals surface area contributed by atoms with Gasteiger partial charge >= 0.3 is 0 Å². The number of carbonyl (C=O) groups excluding carboxylic acids is 1. The molecule has 0 aromatic heterocycles. The Kier molecular flexibility index (Phi) is 7.31. The van der Waals surface area contributed by atoms with Crippen molar-refractivity contribution in [2.24, 2.45) is 0 Å². The predicted molar refractivity (Wildman–Crippen MR) is 111 cm³/mol. The Hall–Kier alpha value is -2.53. The van der Waals surface area contributed by atoms with Crippen molar-refractivity contribution < 1.29 is 14.3 Å². The van der Waals surface area contributed by atoms with Gasteiger partial charge in [-0.25, -0.2) is 0 Å². The lowest BCUT2D eigenvalue weighted by atomic mass is 10.1. The summed E-state index contributed by atoms with van der Waals surface area (Å²) >= 11 is 0. The molecule has 1 N–H and O–H groups in total. The lowest BCUT2D eigenvalue weighted by molar-refractivity contribution is -0.128. The minimum atomic E-state index is -0.554. The smallest absolute Gasteiger partial charge is 0.261 e. The molecule has 1 unspecified atom stereocenters. The van der Waals surface area contributed by atoms with Gasteiger partial charge in [0.1, 0.15) is 0 Å². The van der Waals surface area contributed by atoms with Gasteiger partial charge in [0.25, 0.3) is 5.91 Å². The highest BCUT2D eigenvalue weighted by Crippen LogP contribution is 2.27. The first kappa shape index (κ1) is 20.2. The fourth-order valence-electron chi connectivity index (χ4n) is 3.55. The fourth-order valence-corrected chi connectivity index (χ4v) is 3.55. The summed E-state index contributed by atoms with van der Waals surface area (Å²) in [4.78, 5) is 15.2. The Morgan fingerprint density at radius 2 is 1.68 bits per heavy atom. The summed E-state index contributed by atoms with van der Waals surface area (Å²) in [5.41, 5.74) is 2.44. The average Bonchev–Trinajstić information content (AvgIpc) is 3.24. The quantitative estimate of drug-likeness (QED) is 0.717. The summed E-state index contributed by atoms with van der Waals surface area (Å²) < 4.78 is 11.2. The zero-order chi connectivity index (χ0) is 19.8. The van der Waals surface area contributed by atoms with E-state index in [1.165, 1.54) is 18.4 Å². The Morgan fingerprint density at radius 3 is 2.36 bits per heavy atom. The predicted octanol–water partition coefficient (Wildman–Crippen LogP) is 3.76. The van der Waals surface area contributed by atoms with Gasteiger partial charge < -0.3 is 14.8 Å². The molecule has 0 spiro atoms. The number of likely N-dealkylation sites (tertiary alicyclic amines) is 1. The van der Waals surface area contributed by atoms with Crippen LogP contribution in [0.1, 0.15) is 37.3 Å². The van der Waals surface area contributed by atoms with Crippen molar-refractivity contribution in [1.29, 1.82) is 0 Å². The second kappa shape index (κ2) is 10.1. The van der Waals surface area contributed by atoms with Crippen LogP contribution in [0, 0.1) is 0 Å². The zero-order valence-corrected chi connectivity index (χ0v) is 16.8. The van der Waals surface area contributed by atoms with Gasteiger partial charge in [0.15, 0.2) is 17.6 Å². The van der Waals surface area contributed by atoms with Crippen molar-refractivity contribution in [3.8, 4) is 11.5 Å². The Labute approximate surface area is 167 Å². The number of hydrogen-bond acceptors (Lipinski definition) is 4. The van der Waals surface area contributed by atoms with E-state index in [1.807, 2.05) is 37.3 Å². The minimum absolute atomic E-state index is 0.107. The van der Waals surface area contributed by atoms with Gasteiger partial charge in [-0.2, -0.15) is 0 Å². The highest BCUT2D eigenvalue weighted by Gasteiger charge is 2.20. The van der Waals surface area contributed by atoms with Crippen molar-refractivity contribution in [3.63, 3.8) is 0 Å². The van der Waals surface area contributed by atoms with Crippen LogP contribution >= 0.6 is 0 Å². The average molecular weight is 383 g/mol. The number of benzene rings is 2. The maximum atomic E-state index is 12.7. The monoisotopic (exact) mass is 382 g/mol. The van der Waals surface area contributed by atoms with Gasteiger partial charge in [-0.05, 0) is 55.6 Å². The number of amides is 1. The van der Waals surface area contributed by atoms with Crippen LogP contribution in [0.25, 0.3) is 0 Å². The van der Waals surface area contributed by atoms with Gasteiger partial charge in [0, 0.05) is 13.1 Å². The van der Waals surface area contributed by atoms with Crippen molar-refractivity contribution in [3.05, 3.63) is 59.7 Å². The number of carbonyl (C=O) groups is 1. The summed E-state index contributed by atoms with van der Waals surface area (Å²) in [5.74, 6) is 1.11. The molecule has 2 aromatic carbocycles. The molecule has 0 radical (unpaired) electrons. The van der Waals surface area contributed by atoms with E-state index >= 15 is 0 Å². The molecule has 1 heterocycles. The molecule has 1 aliphatic rings. The first-order valence-corrected chi connectivity index (χ1v) is 10.1. The Balaban J connectivity index is 1.61. The number of para-hydroxylation sites is 2. The van der Waals surface area contributed by atoms with Crippen LogP contribution in [0.3, 0.4) is 0 Å². The van der Waals surface area contributed by atoms with Crippen LogP contribution in [0.5, 0.6) is 11.5 Å². The largest absolute Gasteiger partial charge is 0.493 e. The summed E-state index contributed by atoms with van der Waals surface area (Å²) in [6, 6.07) is 15.7. The third kappa shape index (κ3) is 5.26. The van der Waals surface area contributed by atoms with Gasteiger partial charge in [-0.1, -0.05) is 43.3 Å². The second-order valence-electron chi connectivity index (χ2n) is 7.14. The first-order valence-electron chi connectivity index (χ1n) is 10.1. The first-order chi connectivity index (χ1) is 13.7. The van der Waals surface area contributed by atoms with E-state index in [1.54, 1.807) is 7.11 Å². The zero-order valence-electron chi connectivity index (χ0n) is 16.8. The van der Waals surface area contributed by atoms with Crippen LogP contribution in [0.4, 0.5) is 0 Å². The minimum Gasteiger partial charge on any atom is -0.493 e. The molecule has 1 aliphatic heterocycles. The fraction of sp³-hybridized carbons (Fsp3) is 0.435. The van der Waals surface area contributed by atoms with E-state index in [0.29, 0.717) is 24.5 Å². The molecule has 1 amide bonds. The van der Waals surface area contributed by atoms with Crippen LogP contribution in [-0.2, 0) is 17.9 Å². The number of ether oxygens (including phenoxy) is 2. The van der Waals surface area contributed by atoms with E-state index in [9.17, 15) is 4.79 Å². The molecule has 5 nitrogen and oxygen atoms in total. The maximum Gasteiger partial charge on any atom is 0.261 e. The van der Waals surface area contributed by atoms with Crippen molar-refractivity contribution >= 4 is 5.91 Å². The summed E-state index contributed by atoms with van der Waals surface area (Å²) in [5, 5.41) is 3.05. The summed E-state index contributed by atoms with van der Waals surface area (Å²) in [6.45, 7) is 5.72. The van der Waals surface area contributed by atoms with Crippen molar-refractivity contribution in [2.75, 3.05) is 20.2 Å². The number of hydrogen-bond donors (Lipinski definition) is 1. The van der Waals surface area contributed by atoms with E-state index < -0.39 is 6.10 Å². The molecule has 28 heavy (non-hydrogen) atoms. The van der Waals surface area contributed by atoms with Gasteiger partial charge in [0.05, 0.1) is 7.11 Å². The molecule has 0 saturated carbocycles. The van der Waals surface area contributed by atoms with E-state index in [0.717, 1.165) is 25.2 Å². The van der Waals surface area contributed by atoms with Crippen LogP contribution < -0.4 is 14.8 Å². The number of rotatable bonds is 9. The highest BCUT2D eigenvalue weighted by molar-refractivity contribution is 5.81. The molecular weight excluding hydrogens is 352 g/mol. The molecule has 5 heteroatoms. The van der Waals surface area contributed by atoms with Crippen LogP contribution in [-0.4, -0.2) is 37.1 Å². The Bertz CT molecular complexity index is 772. The number of nitrogens with zero attached hydrogens (tertiary/aromatic N) is 1. The van der Waals surface area contributed by atoms with Crippen molar-refractivity contribution in [1.82, 2.24) is 10.2 Å². The molecular formula is C23H30N2O3. The molecule has 2 aromatic rings. The Morgan fingerprint density at radius 1 is 1.04 bits per heavy atom. The molecule has 1 saturated heterocycles. The van der Waals surface area contributed by atoms with Gasteiger partial charge in [-0.3, -0.25) is 9.69 Å². The van der Waals surface area contributed by atoms with Gasteiger partial charge in [0.2, 0.25) is 0 Å². The number of methoxy groups -OCH3 is 1. The topological polar surface area (TPSA) is 50.8 Å². The molecule has 150 valence electrons. The lowest BCUT2D eigenvalue weighted by Crippen LogP contribution is -2.38. The molecule has 1 fully saturated rings. The van der Waals surface area contributed by atoms with Crippen LogP contribution in [0.15, 0.2) is 48.5 Å². The summed E-state index contributed by atoms with van der Waals surface area (Å²) in [7, 11) is 1.60. The van der Waals surface area contributed by atoms with Crippen LogP contribution in [0.2, 0.25) is 0 Å². The SMILES string of the molecule is CCC(Oc1ccccc1OC)C(=O)NCc1ccccc1CN1CCCC1. The molecule has 3 rings (SSSR count). The van der Waals surface area contributed by atoms with E-state index in [-0.39, 0.29) is 5.91 Å². The lowest BCUT2D eigenvalue weighted by Gasteiger charge is -2.20. The third-order valence-corrected chi connectivity index (χ3v) is 5.17. The normalized spacial score (nSPS) is 15.2. The highest BCUT2D eigenvalue weighted by atomic mass is 16.5. The summed E-state index contributed by atoms with van der Waals surface area (Å²) in [6.07, 6.45) is 2.58.